The molecule has 0 saturated carbocycles. The fourth-order valence-electron chi connectivity index (χ4n) is 2.86. The lowest BCUT2D eigenvalue weighted by Crippen LogP contribution is -2.35. The number of aromatic nitrogens is 3. The first-order valence-electron chi connectivity index (χ1n) is 9.14. The summed E-state index contributed by atoms with van der Waals surface area (Å²) in [7, 11) is 0. The fourth-order valence-corrected chi connectivity index (χ4v) is 3.65. The van der Waals surface area contributed by atoms with Crippen LogP contribution in [0.5, 0.6) is 0 Å². The molecule has 0 spiro atoms. The van der Waals surface area contributed by atoms with Gasteiger partial charge in [0.2, 0.25) is 5.91 Å². The Morgan fingerprint density at radius 1 is 0.966 bits per heavy atom. The molecule has 1 aromatic heterocycles. The molecule has 3 aromatic rings. The summed E-state index contributed by atoms with van der Waals surface area (Å²) in [5.41, 5.74) is 4.75. The van der Waals surface area contributed by atoms with Crippen molar-refractivity contribution in [3.63, 3.8) is 0 Å². The highest BCUT2D eigenvalue weighted by atomic mass is 32.2. The maximum Gasteiger partial charge on any atom is 0.325 e. The molecule has 29 heavy (non-hydrogen) atoms. The Kier molecular flexibility index (Phi) is 6.33. The Labute approximate surface area is 173 Å². The molecule has 2 N–H and O–H groups in total. The lowest BCUT2D eigenvalue weighted by atomic mass is 10.1. The molecule has 0 aliphatic carbocycles. The van der Waals surface area contributed by atoms with Crippen molar-refractivity contribution >= 4 is 29.4 Å². The topological polar surface area (TPSA) is 88.9 Å². The van der Waals surface area contributed by atoms with E-state index in [2.05, 4.69) is 20.8 Å². The largest absolute Gasteiger partial charge is 0.325 e. The van der Waals surface area contributed by atoms with Crippen molar-refractivity contribution in [2.75, 3.05) is 11.1 Å². The molecule has 0 unspecified atom stereocenters. The molecule has 150 valence electrons. The summed E-state index contributed by atoms with van der Waals surface area (Å²) in [6.45, 7) is 7.75. The number of nitrogens with zero attached hydrogens (tertiary/aromatic N) is 3. The van der Waals surface area contributed by atoms with Crippen LogP contribution in [0.25, 0.3) is 5.69 Å². The van der Waals surface area contributed by atoms with E-state index in [4.69, 9.17) is 0 Å². The maximum absolute atomic E-state index is 12.2. The molecule has 0 atom stereocenters. The highest BCUT2D eigenvalue weighted by Crippen LogP contribution is 2.23. The number of thioether (sulfide) groups is 1. The van der Waals surface area contributed by atoms with E-state index in [0.29, 0.717) is 10.8 Å². The van der Waals surface area contributed by atoms with Crippen LogP contribution in [0.2, 0.25) is 0 Å². The number of hydrogen-bond donors (Lipinski definition) is 2. The summed E-state index contributed by atoms with van der Waals surface area (Å²) in [6, 6.07) is 13.0. The minimum atomic E-state index is -0.555. The second-order valence-electron chi connectivity index (χ2n) is 6.69. The average Bonchev–Trinajstić information content (AvgIpc) is 3.04. The van der Waals surface area contributed by atoms with E-state index in [-0.39, 0.29) is 5.75 Å². The van der Waals surface area contributed by atoms with Gasteiger partial charge in [-0.2, -0.15) is 0 Å². The van der Waals surface area contributed by atoms with Gasteiger partial charge in [0.25, 0.3) is 0 Å². The van der Waals surface area contributed by atoms with Gasteiger partial charge in [-0.25, -0.2) is 4.79 Å². The number of hydrogen-bond acceptors (Lipinski definition) is 5. The molecule has 0 aliphatic rings. The highest BCUT2D eigenvalue weighted by molar-refractivity contribution is 7.99. The quantitative estimate of drug-likeness (QED) is 0.623. The van der Waals surface area contributed by atoms with Crippen LogP contribution in [0, 0.1) is 27.7 Å². The monoisotopic (exact) mass is 409 g/mol. The third-order valence-electron chi connectivity index (χ3n) is 4.59. The van der Waals surface area contributed by atoms with Crippen LogP contribution < -0.4 is 10.6 Å². The van der Waals surface area contributed by atoms with Gasteiger partial charge in [-0.1, -0.05) is 42.1 Å². The second-order valence-corrected chi connectivity index (χ2v) is 7.63. The van der Waals surface area contributed by atoms with Crippen molar-refractivity contribution in [2.24, 2.45) is 0 Å². The second kappa shape index (κ2) is 8.91. The third-order valence-corrected chi connectivity index (χ3v) is 5.52. The van der Waals surface area contributed by atoms with Crippen molar-refractivity contribution < 1.29 is 9.59 Å². The average molecular weight is 410 g/mol. The van der Waals surface area contributed by atoms with Crippen LogP contribution in [0.1, 0.15) is 22.5 Å². The molecule has 0 fully saturated rings. The van der Waals surface area contributed by atoms with Gasteiger partial charge in [0.15, 0.2) is 5.16 Å². The lowest BCUT2D eigenvalue weighted by molar-refractivity contribution is -0.117. The van der Waals surface area contributed by atoms with Gasteiger partial charge >= 0.3 is 6.03 Å². The molecule has 7 nitrogen and oxygen atoms in total. The molecule has 2 aromatic carbocycles. The van der Waals surface area contributed by atoms with Crippen LogP contribution in [0.3, 0.4) is 0 Å². The Hall–Kier alpha value is -3.13. The van der Waals surface area contributed by atoms with Crippen molar-refractivity contribution in [2.45, 2.75) is 32.9 Å². The molecule has 8 heteroatoms. The van der Waals surface area contributed by atoms with Crippen LogP contribution in [0.15, 0.2) is 47.6 Å². The molecular weight excluding hydrogens is 386 g/mol. The fraction of sp³-hybridized carbons (Fsp3) is 0.238. The zero-order valence-electron chi connectivity index (χ0n) is 16.8. The van der Waals surface area contributed by atoms with E-state index >= 15 is 0 Å². The van der Waals surface area contributed by atoms with E-state index in [1.54, 1.807) is 6.07 Å². The van der Waals surface area contributed by atoms with E-state index < -0.39 is 11.9 Å². The van der Waals surface area contributed by atoms with Crippen LogP contribution in [-0.2, 0) is 4.79 Å². The number of para-hydroxylation sites is 1. The summed E-state index contributed by atoms with van der Waals surface area (Å²) >= 11 is 1.23. The van der Waals surface area contributed by atoms with Crippen molar-refractivity contribution in [3.05, 3.63) is 65.0 Å². The Balaban J connectivity index is 1.62. The van der Waals surface area contributed by atoms with Crippen LogP contribution in [-0.4, -0.2) is 32.5 Å². The SMILES string of the molecule is Cc1ccccc1-n1c(C)nnc1SCC(=O)NC(=O)Nc1cccc(C)c1C. The lowest BCUT2D eigenvalue weighted by Gasteiger charge is -2.12. The van der Waals surface area contributed by atoms with Gasteiger partial charge in [-0.15, -0.1) is 10.2 Å². The van der Waals surface area contributed by atoms with Crippen molar-refractivity contribution in [1.29, 1.82) is 0 Å². The van der Waals surface area contributed by atoms with E-state index in [1.807, 2.05) is 68.7 Å². The van der Waals surface area contributed by atoms with Crippen LogP contribution >= 0.6 is 11.8 Å². The third kappa shape index (κ3) is 4.83. The normalized spacial score (nSPS) is 10.6. The standard InChI is InChI=1S/C21H23N5O2S/c1-13-9-7-10-17(15(13)3)22-20(28)23-19(27)12-29-21-25-24-16(4)26(21)18-11-6-5-8-14(18)2/h5-11H,12H2,1-4H3,(H2,22,23,27,28). The first kappa shape index (κ1) is 20.6. The number of anilines is 1. The number of amides is 3. The van der Waals surface area contributed by atoms with Gasteiger partial charge in [-0.05, 0) is 56.5 Å². The van der Waals surface area contributed by atoms with Gasteiger partial charge in [0.05, 0.1) is 11.4 Å². The number of imide groups is 1. The number of aryl methyl sites for hydroxylation is 3. The number of urea groups is 1. The van der Waals surface area contributed by atoms with Gasteiger partial charge in [-0.3, -0.25) is 14.7 Å². The zero-order chi connectivity index (χ0) is 21.0. The Morgan fingerprint density at radius 2 is 1.69 bits per heavy atom. The summed E-state index contributed by atoms with van der Waals surface area (Å²) in [4.78, 5) is 24.4. The van der Waals surface area contributed by atoms with Crippen molar-refractivity contribution in [1.82, 2.24) is 20.1 Å². The van der Waals surface area contributed by atoms with Crippen molar-refractivity contribution in [3.8, 4) is 5.69 Å². The minimum Gasteiger partial charge on any atom is -0.307 e. The first-order chi connectivity index (χ1) is 13.9. The molecule has 1 heterocycles. The summed E-state index contributed by atoms with van der Waals surface area (Å²) < 4.78 is 1.91. The van der Waals surface area contributed by atoms with Crippen LogP contribution in [0.4, 0.5) is 10.5 Å². The maximum atomic E-state index is 12.2. The van der Waals surface area contributed by atoms with E-state index in [0.717, 1.165) is 28.2 Å². The van der Waals surface area contributed by atoms with Gasteiger partial charge in [0, 0.05) is 5.69 Å². The van der Waals surface area contributed by atoms with Gasteiger partial charge < -0.3 is 5.32 Å². The molecular formula is C21H23N5O2S. The van der Waals surface area contributed by atoms with E-state index in [1.165, 1.54) is 11.8 Å². The molecule has 0 radical (unpaired) electrons. The molecule has 0 saturated heterocycles. The number of rotatable bonds is 5. The highest BCUT2D eigenvalue weighted by Gasteiger charge is 2.16. The summed E-state index contributed by atoms with van der Waals surface area (Å²) in [6.07, 6.45) is 0. The Bertz CT molecular complexity index is 1060. The first-order valence-corrected chi connectivity index (χ1v) is 10.1. The predicted octanol–water partition coefficient (Wildman–Crippen LogP) is 3.94. The molecule has 0 bridgehead atoms. The smallest absolute Gasteiger partial charge is 0.307 e. The molecule has 3 amide bonds. The number of carbonyl (C=O) groups excluding carboxylic acids is 2. The molecule has 3 rings (SSSR count). The minimum absolute atomic E-state index is 0.0459. The predicted molar refractivity (Wildman–Crippen MR) is 115 cm³/mol. The van der Waals surface area contributed by atoms with E-state index in [9.17, 15) is 9.59 Å². The Morgan fingerprint density at radius 3 is 2.45 bits per heavy atom. The zero-order valence-corrected chi connectivity index (χ0v) is 17.6. The summed E-state index contributed by atoms with van der Waals surface area (Å²) in [5.74, 6) is 0.370. The van der Waals surface area contributed by atoms with Gasteiger partial charge in [0.1, 0.15) is 5.82 Å². The number of carbonyl (C=O) groups is 2. The number of nitrogens with one attached hydrogen (secondary N) is 2. The molecule has 0 aliphatic heterocycles. The summed E-state index contributed by atoms with van der Waals surface area (Å²) in [5, 5.41) is 14.0. The number of benzene rings is 2.